The van der Waals surface area contributed by atoms with Crippen LogP contribution in [0, 0.1) is 0 Å². The van der Waals surface area contributed by atoms with Gasteiger partial charge in [-0.2, -0.15) is 5.12 Å². The van der Waals surface area contributed by atoms with Crippen LogP contribution in [-0.2, 0) is 4.74 Å². The summed E-state index contributed by atoms with van der Waals surface area (Å²) in [5.41, 5.74) is 3.48. The topological polar surface area (TPSA) is 37.5 Å². The van der Waals surface area contributed by atoms with E-state index in [4.69, 9.17) is 4.74 Å². The summed E-state index contributed by atoms with van der Waals surface area (Å²) in [6, 6.07) is 0. The summed E-state index contributed by atoms with van der Waals surface area (Å²) < 4.78 is 5.44. The van der Waals surface area contributed by atoms with Gasteiger partial charge < -0.3 is 9.64 Å². The molecule has 7 nitrogen and oxygen atoms in total. The van der Waals surface area contributed by atoms with Gasteiger partial charge in [0.2, 0.25) is 0 Å². The SMILES string of the molecule is CCN1CC=C2N(CC)CN(N3CCOCC3)N2N1. The summed E-state index contributed by atoms with van der Waals surface area (Å²) >= 11 is 0. The predicted molar refractivity (Wildman–Crippen MR) is 71.8 cm³/mol. The summed E-state index contributed by atoms with van der Waals surface area (Å²) in [5.74, 6) is 1.26. The van der Waals surface area contributed by atoms with E-state index >= 15 is 0 Å². The van der Waals surface area contributed by atoms with Gasteiger partial charge in [0.25, 0.3) is 0 Å². The number of hydrogen-bond donors (Lipinski definition) is 1. The number of nitrogens with zero attached hydrogens (tertiary/aromatic N) is 5. The number of nitrogens with one attached hydrogen (secondary N) is 1. The third kappa shape index (κ3) is 2.44. The van der Waals surface area contributed by atoms with Gasteiger partial charge in [-0.05, 0) is 13.0 Å². The number of likely N-dealkylation sites (N-methyl/N-ethyl adjacent to an activating group) is 1. The first kappa shape index (κ1) is 13.1. The number of fused-ring (bicyclic) bond motifs is 1. The van der Waals surface area contributed by atoms with Gasteiger partial charge in [-0.25, -0.2) is 10.0 Å². The highest BCUT2D eigenvalue weighted by Crippen LogP contribution is 2.25. The van der Waals surface area contributed by atoms with Crippen molar-refractivity contribution >= 4 is 0 Å². The van der Waals surface area contributed by atoms with Crippen molar-refractivity contribution in [2.24, 2.45) is 0 Å². The van der Waals surface area contributed by atoms with Crippen molar-refractivity contribution in [3.05, 3.63) is 11.9 Å². The van der Waals surface area contributed by atoms with E-state index in [1.807, 2.05) is 0 Å². The minimum atomic E-state index is 0.813. The number of morpholine rings is 1. The first-order valence-electron chi connectivity index (χ1n) is 7.20. The smallest absolute Gasteiger partial charge is 0.137 e. The lowest BCUT2D eigenvalue weighted by molar-refractivity contribution is -0.220. The molecule has 0 spiro atoms. The van der Waals surface area contributed by atoms with Crippen molar-refractivity contribution in [3.63, 3.8) is 0 Å². The number of hydrazine groups is 4. The van der Waals surface area contributed by atoms with Crippen molar-refractivity contribution in [1.29, 1.82) is 0 Å². The van der Waals surface area contributed by atoms with Crippen molar-refractivity contribution in [1.82, 2.24) is 30.7 Å². The summed E-state index contributed by atoms with van der Waals surface area (Å²) in [6.07, 6.45) is 2.30. The maximum absolute atomic E-state index is 5.44. The Kier molecular flexibility index (Phi) is 3.90. The molecule has 3 rings (SSSR count). The van der Waals surface area contributed by atoms with Crippen LogP contribution in [-0.4, -0.2) is 77.8 Å². The third-order valence-electron chi connectivity index (χ3n) is 3.88. The lowest BCUT2D eigenvalue weighted by Crippen LogP contribution is -2.61. The van der Waals surface area contributed by atoms with E-state index in [-0.39, 0.29) is 0 Å². The Morgan fingerprint density at radius 1 is 1.21 bits per heavy atom. The van der Waals surface area contributed by atoms with Gasteiger partial charge >= 0.3 is 0 Å². The van der Waals surface area contributed by atoms with Gasteiger partial charge in [0.05, 0.1) is 13.2 Å². The Morgan fingerprint density at radius 2 is 2.00 bits per heavy atom. The van der Waals surface area contributed by atoms with Crippen molar-refractivity contribution < 1.29 is 4.74 Å². The summed E-state index contributed by atoms with van der Waals surface area (Å²) in [5, 5.41) is 9.02. The van der Waals surface area contributed by atoms with E-state index in [0.29, 0.717) is 0 Å². The van der Waals surface area contributed by atoms with Crippen LogP contribution in [0.4, 0.5) is 0 Å². The number of hydrogen-bond acceptors (Lipinski definition) is 7. The second-order valence-corrected chi connectivity index (χ2v) is 4.95. The molecule has 19 heavy (non-hydrogen) atoms. The zero-order valence-electron chi connectivity index (χ0n) is 11.9. The number of rotatable bonds is 3. The van der Waals surface area contributed by atoms with E-state index in [2.05, 4.69) is 50.6 Å². The van der Waals surface area contributed by atoms with Gasteiger partial charge in [-0.15, -0.1) is 10.7 Å². The largest absolute Gasteiger partial charge is 0.379 e. The van der Waals surface area contributed by atoms with E-state index in [0.717, 1.165) is 52.6 Å². The standard InChI is InChI=1S/C12H24N6O/c1-3-14-11-17(16-7-9-19-10-8-16)18-12(14)5-6-15(4-2)13-18/h5,13H,3-4,6-11H2,1-2H3. The van der Waals surface area contributed by atoms with E-state index < -0.39 is 0 Å². The van der Waals surface area contributed by atoms with Gasteiger partial charge in [0.15, 0.2) is 0 Å². The van der Waals surface area contributed by atoms with Crippen LogP contribution in [0.1, 0.15) is 13.8 Å². The van der Waals surface area contributed by atoms with Gasteiger partial charge in [0, 0.05) is 32.7 Å². The molecule has 7 heteroatoms. The second-order valence-electron chi connectivity index (χ2n) is 4.95. The molecule has 0 aliphatic carbocycles. The van der Waals surface area contributed by atoms with Crippen LogP contribution in [0.25, 0.3) is 0 Å². The van der Waals surface area contributed by atoms with Crippen LogP contribution in [0.3, 0.4) is 0 Å². The Bertz CT molecular complexity index is 343. The predicted octanol–water partition coefficient (Wildman–Crippen LogP) is -0.358. The molecule has 3 aliphatic rings. The zero-order chi connectivity index (χ0) is 13.2. The molecule has 0 radical (unpaired) electrons. The van der Waals surface area contributed by atoms with E-state index in [1.165, 1.54) is 5.82 Å². The minimum Gasteiger partial charge on any atom is -0.379 e. The molecule has 0 saturated carbocycles. The maximum atomic E-state index is 5.44. The fourth-order valence-corrected chi connectivity index (χ4v) is 2.69. The van der Waals surface area contributed by atoms with Crippen LogP contribution in [0.5, 0.6) is 0 Å². The Hall–Kier alpha value is -0.860. The van der Waals surface area contributed by atoms with Crippen molar-refractivity contribution in [3.8, 4) is 0 Å². The Labute approximate surface area is 114 Å². The molecule has 0 atom stereocenters. The van der Waals surface area contributed by atoms with Gasteiger partial charge in [-0.1, -0.05) is 6.92 Å². The quantitative estimate of drug-likeness (QED) is 0.749. The average Bonchev–Trinajstić information content (AvgIpc) is 2.86. The molecule has 0 aromatic carbocycles. The molecule has 0 amide bonds. The zero-order valence-corrected chi connectivity index (χ0v) is 11.9. The first-order valence-corrected chi connectivity index (χ1v) is 7.20. The molecular weight excluding hydrogens is 244 g/mol. The molecule has 0 aromatic rings. The van der Waals surface area contributed by atoms with Crippen LogP contribution < -0.4 is 5.53 Å². The Morgan fingerprint density at radius 3 is 2.68 bits per heavy atom. The first-order chi connectivity index (χ1) is 9.33. The molecular formula is C12H24N6O. The fourth-order valence-electron chi connectivity index (χ4n) is 2.69. The van der Waals surface area contributed by atoms with Gasteiger partial charge in [-0.3, -0.25) is 0 Å². The highest BCUT2D eigenvalue weighted by atomic mass is 16.5. The third-order valence-corrected chi connectivity index (χ3v) is 3.88. The molecule has 2 saturated heterocycles. The molecule has 1 N–H and O–H groups in total. The molecule has 0 aromatic heterocycles. The monoisotopic (exact) mass is 268 g/mol. The molecule has 108 valence electrons. The van der Waals surface area contributed by atoms with E-state index in [9.17, 15) is 0 Å². The fraction of sp³-hybridized carbons (Fsp3) is 0.833. The maximum Gasteiger partial charge on any atom is 0.137 e. The van der Waals surface area contributed by atoms with Gasteiger partial charge in [0.1, 0.15) is 12.5 Å². The molecule has 3 aliphatic heterocycles. The van der Waals surface area contributed by atoms with E-state index in [1.54, 1.807) is 0 Å². The average molecular weight is 268 g/mol. The van der Waals surface area contributed by atoms with Crippen LogP contribution >= 0.6 is 0 Å². The van der Waals surface area contributed by atoms with Crippen molar-refractivity contribution in [2.45, 2.75) is 13.8 Å². The summed E-state index contributed by atoms with van der Waals surface area (Å²) in [6.45, 7) is 11.8. The molecule has 2 fully saturated rings. The minimum absolute atomic E-state index is 0.813. The normalized spacial score (nSPS) is 26.7. The van der Waals surface area contributed by atoms with Crippen LogP contribution in [0.15, 0.2) is 11.9 Å². The Balaban J connectivity index is 1.77. The highest BCUT2D eigenvalue weighted by Gasteiger charge is 2.38. The molecule has 3 heterocycles. The highest BCUT2D eigenvalue weighted by molar-refractivity contribution is 5.05. The van der Waals surface area contributed by atoms with Crippen molar-refractivity contribution in [2.75, 3.05) is 52.6 Å². The molecule has 0 bridgehead atoms. The second kappa shape index (κ2) is 5.64. The lowest BCUT2D eigenvalue weighted by atomic mass is 10.4. The summed E-state index contributed by atoms with van der Waals surface area (Å²) in [4.78, 5) is 2.38. The number of ether oxygens (including phenoxy) is 1. The lowest BCUT2D eigenvalue weighted by Gasteiger charge is -2.42. The van der Waals surface area contributed by atoms with Crippen LogP contribution in [0.2, 0.25) is 0 Å². The summed E-state index contributed by atoms with van der Waals surface area (Å²) in [7, 11) is 0. The molecule has 0 unspecified atom stereocenters.